The van der Waals surface area contributed by atoms with Crippen LogP contribution in [-0.4, -0.2) is 32.4 Å². The van der Waals surface area contributed by atoms with Crippen molar-refractivity contribution in [3.05, 3.63) is 44.7 Å². The summed E-state index contributed by atoms with van der Waals surface area (Å²) in [5, 5.41) is 20.8. The molecule has 0 unspecified atom stereocenters. The van der Waals surface area contributed by atoms with Crippen LogP contribution < -0.4 is 11.1 Å². The van der Waals surface area contributed by atoms with Crippen molar-refractivity contribution in [2.45, 2.75) is 6.54 Å². The number of nitro groups is 1. The highest BCUT2D eigenvalue weighted by Gasteiger charge is 2.15. The van der Waals surface area contributed by atoms with E-state index in [9.17, 15) is 14.9 Å². The highest BCUT2D eigenvalue weighted by Crippen LogP contribution is 2.27. The van der Waals surface area contributed by atoms with Crippen molar-refractivity contribution in [2.75, 3.05) is 11.9 Å². The van der Waals surface area contributed by atoms with Gasteiger partial charge in [0.25, 0.3) is 11.6 Å². The number of benzene rings is 1. The summed E-state index contributed by atoms with van der Waals surface area (Å²) >= 11 is 3.08. The van der Waals surface area contributed by atoms with Crippen LogP contribution in [0.1, 0.15) is 10.5 Å². The van der Waals surface area contributed by atoms with Crippen molar-refractivity contribution >= 4 is 33.2 Å². The lowest BCUT2D eigenvalue weighted by molar-refractivity contribution is -0.385. The molecule has 3 N–H and O–H groups in total. The van der Waals surface area contributed by atoms with Gasteiger partial charge in [-0.1, -0.05) is 5.21 Å². The van der Waals surface area contributed by atoms with Gasteiger partial charge in [0, 0.05) is 18.3 Å². The molecule has 1 heterocycles. The molecule has 0 atom stereocenters. The molecule has 2 aromatic rings. The molecule has 0 bridgehead atoms. The highest BCUT2D eigenvalue weighted by atomic mass is 79.9. The van der Waals surface area contributed by atoms with Gasteiger partial charge in [0.05, 0.1) is 22.1 Å². The van der Waals surface area contributed by atoms with Crippen molar-refractivity contribution in [3.63, 3.8) is 0 Å². The fraction of sp³-hybridized carbons (Fsp3) is 0.182. The Hall–Kier alpha value is -2.33. The van der Waals surface area contributed by atoms with Gasteiger partial charge in [0.15, 0.2) is 5.69 Å². The second-order valence-electron chi connectivity index (χ2n) is 4.03. The number of anilines is 1. The summed E-state index contributed by atoms with van der Waals surface area (Å²) in [6, 6.07) is 4.18. The number of hydrogen-bond donors (Lipinski definition) is 2. The smallest absolute Gasteiger partial charge is 0.283 e. The molecule has 0 saturated heterocycles. The van der Waals surface area contributed by atoms with Crippen LogP contribution in [0.4, 0.5) is 11.4 Å². The molecule has 1 amide bonds. The first kappa shape index (κ1) is 15.1. The molecule has 1 aromatic carbocycles. The van der Waals surface area contributed by atoms with Crippen LogP contribution in [0.15, 0.2) is 28.9 Å². The zero-order chi connectivity index (χ0) is 15.4. The summed E-state index contributed by atoms with van der Waals surface area (Å²) in [6.45, 7) is 0.850. The molecule has 2 rings (SSSR count). The number of carbonyl (C=O) groups excluding carboxylic acids is 1. The Balaban J connectivity index is 2.11. The maximum atomic E-state index is 12.0. The SMILES string of the molecule is NCCn1cc(C(=O)Nc2ccc([N+](=O)[O-])c(Br)c2)nn1. The molecule has 110 valence electrons. The Morgan fingerprint density at radius 3 is 2.90 bits per heavy atom. The van der Waals surface area contributed by atoms with Crippen LogP contribution in [0.3, 0.4) is 0 Å². The van der Waals surface area contributed by atoms with Crippen molar-refractivity contribution in [2.24, 2.45) is 5.73 Å². The molecule has 0 aliphatic heterocycles. The molecule has 21 heavy (non-hydrogen) atoms. The molecule has 0 saturated carbocycles. The Morgan fingerprint density at radius 1 is 1.52 bits per heavy atom. The predicted molar refractivity (Wildman–Crippen MR) is 77.8 cm³/mol. The normalized spacial score (nSPS) is 10.4. The van der Waals surface area contributed by atoms with Gasteiger partial charge < -0.3 is 11.1 Å². The molecule has 0 aliphatic carbocycles. The average molecular weight is 355 g/mol. The standard InChI is InChI=1S/C11H11BrN6O3/c12-8-5-7(1-2-10(8)18(20)21)14-11(19)9-6-17(4-3-13)16-15-9/h1-2,5-6H,3-4,13H2,(H,14,19). The van der Waals surface area contributed by atoms with Gasteiger partial charge in [0.2, 0.25) is 0 Å². The first-order valence-corrected chi connectivity index (χ1v) is 6.66. The Labute approximate surface area is 127 Å². The van der Waals surface area contributed by atoms with E-state index in [-0.39, 0.29) is 15.9 Å². The number of halogens is 1. The fourth-order valence-electron chi connectivity index (χ4n) is 1.57. The maximum Gasteiger partial charge on any atom is 0.283 e. The van der Waals surface area contributed by atoms with E-state index in [4.69, 9.17) is 5.73 Å². The van der Waals surface area contributed by atoms with Crippen LogP contribution in [0, 0.1) is 10.1 Å². The third-order valence-corrected chi connectivity index (χ3v) is 3.17. The molecular weight excluding hydrogens is 344 g/mol. The molecule has 10 heteroatoms. The van der Waals surface area contributed by atoms with Crippen LogP contribution in [0.2, 0.25) is 0 Å². The zero-order valence-corrected chi connectivity index (χ0v) is 12.3. The van der Waals surface area contributed by atoms with Crippen molar-refractivity contribution in [1.29, 1.82) is 0 Å². The van der Waals surface area contributed by atoms with E-state index in [2.05, 4.69) is 31.6 Å². The minimum absolute atomic E-state index is 0.0816. The number of hydrogen-bond acceptors (Lipinski definition) is 6. The highest BCUT2D eigenvalue weighted by molar-refractivity contribution is 9.10. The summed E-state index contributed by atoms with van der Waals surface area (Å²) in [4.78, 5) is 22.1. The van der Waals surface area contributed by atoms with Gasteiger partial charge in [0.1, 0.15) is 0 Å². The number of amides is 1. The average Bonchev–Trinajstić information content (AvgIpc) is 2.87. The van der Waals surface area contributed by atoms with Crippen molar-refractivity contribution in [3.8, 4) is 0 Å². The number of nitrogens with one attached hydrogen (secondary N) is 1. The number of nitrogens with two attached hydrogens (primary N) is 1. The monoisotopic (exact) mass is 354 g/mol. The lowest BCUT2D eigenvalue weighted by atomic mass is 10.3. The number of nitrogens with zero attached hydrogens (tertiary/aromatic N) is 4. The van der Waals surface area contributed by atoms with Crippen LogP contribution in [0.5, 0.6) is 0 Å². The van der Waals surface area contributed by atoms with Crippen molar-refractivity contribution < 1.29 is 9.72 Å². The van der Waals surface area contributed by atoms with E-state index in [0.717, 1.165) is 0 Å². The van der Waals surface area contributed by atoms with Crippen LogP contribution in [-0.2, 0) is 6.54 Å². The maximum absolute atomic E-state index is 12.0. The number of rotatable bonds is 5. The molecule has 0 fully saturated rings. The number of nitro benzene ring substituents is 1. The molecule has 0 radical (unpaired) electrons. The van der Waals surface area contributed by atoms with Gasteiger partial charge in [-0.3, -0.25) is 19.6 Å². The number of aromatic nitrogens is 3. The van der Waals surface area contributed by atoms with E-state index in [1.54, 1.807) is 0 Å². The van der Waals surface area contributed by atoms with Crippen LogP contribution in [0.25, 0.3) is 0 Å². The lowest BCUT2D eigenvalue weighted by Crippen LogP contribution is -2.13. The zero-order valence-electron chi connectivity index (χ0n) is 10.7. The summed E-state index contributed by atoms with van der Waals surface area (Å²) < 4.78 is 1.73. The van der Waals surface area contributed by atoms with E-state index in [0.29, 0.717) is 18.8 Å². The van der Waals surface area contributed by atoms with E-state index in [1.165, 1.54) is 29.1 Å². The topological polar surface area (TPSA) is 129 Å². The third kappa shape index (κ3) is 3.61. The third-order valence-electron chi connectivity index (χ3n) is 2.53. The molecule has 1 aromatic heterocycles. The molecule has 0 aliphatic rings. The summed E-state index contributed by atoms with van der Waals surface area (Å²) in [7, 11) is 0. The van der Waals surface area contributed by atoms with Gasteiger partial charge in [-0.25, -0.2) is 0 Å². The minimum atomic E-state index is -0.520. The second-order valence-corrected chi connectivity index (χ2v) is 4.89. The second kappa shape index (κ2) is 6.41. The quantitative estimate of drug-likeness (QED) is 0.612. The fourth-order valence-corrected chi connectivity index (χ4v) is 2.10. The van der Waals surface area contributed by atoms with E-state index >= 15 is 0 Å². The predicted octanol–water partition coefficient (Wildman–Crippen LogP) is 1.16. The van der Waals surface area contributed by atoms with Gasteiger partial charge in [-0.05, 0) is 28.1 Å². The van der Waals surface area contributed by atoms with Gasteiger partial charge >= 0.3 is 0 Å². The first-order valence-electron chi connectivity index (χ1n) is 5.86. The van der Waals surface area contributed by atoms with E-state index in [1.807, 2.05) is 0 Å². The van der Waals surface area contributed by atoms with Gasteiger partial charge in [-0.2, -0.15) is 0 Å². The lowest BCUT2D eigenvalue weighted by Gasteiger charge is -2.03. The summed E-state index contributed by atoms with van der Waals surface area (Å²) in [5.41, 5.74) is 5.84. The largest absolute Gasteiger partial charge is 0.329 e. The Bertz CT molecular complexity index is 686. The first-order chi connectivity index (χ1) is 10.0. The summed E-state index contributed by atoms with van der Waals surface area (Å²) in [5.74, 6) is -0.459. The molecule has 0 spiro atoms. The Kier molecular flexibility index (Phi) is 4.60. The van der Waals surface area contributed by atoms with Crippen LogP contribution >= 0.6 is 15.9 Å². The van der Waals surface area contributed by atoms with Crippen molar-refractivity contribution in [1.82, 2.24) is 15.0 Å². The Morgan fingerprint density at radius 2 is 2.29 bits per heavy atom. The van der Waals surface area contributed by atoms with Gasteiger partial charge in [-0.15, -0.1) is 5.10 Å². The molecular formula is C11H11BrN6O3. The minimum Gasteiger partial charge on any atom is -0.329 e. The van der Waals surface area contributed by atoms with E-state index < -0.39 is 10.8 Å². The molecule has 9 nitrogen and oxygen atoms in total. The summed E-state index contributed by atoms with van der Waals surface area (Å²) in [6.07, 6.45) is 1.47. The number of carbonyl (C=O) groups is 1.